The maximum atomic E-state index is 2.51. The standard InChI is InChI=1S/C19H24N2.H3N/c1-14-7-5-8-15(2)18(14)20-11-12-21(13-20)19-16(3)9-6-10-17(19)4;/h5-10H,11-13H2,1-4H3;1H3. The Morgan fingerprint density at radius 1 is 0.636 bits per heavy atom. The number of benzene rings is 2. The third-order valence-corrected chi connectivity index (χ3v) is 4.49. The fraction of sp³-hybridized carbons (Fsp3) is 0.368. The normalized spacial score (nSPS) is 14.2. The van der Waals surface area contributed by atoms with E-state index in [1.54, 1.807) is 0 Å². The second kappa shape index (κ2) is 6.41. The lowest BCUT2D eigenvalue weighted by Crippen LogP contribution is -2.27. The van der Waals surface area contributed by atoms with Crippen LogP contribution in [0.4, 0.5) is 11.4 Å². The summed E-state index contributed by atoms with van der Waals surface area (Å²) < 4.78 is 0. The molecule has 0 bridgehead atoms. The summed E-state index contributed by atoms with van der Waals surface area (Å²) in [4.78, 5) is 5.02. The minimum atomic E-state index is 0. The Bertz CT molecular complexity index is 566. The van der Waals surface area contributed by atoms with Crippen LogP contribution in [0.2, 0.25) is 0 Å². The molecule has 3 heteroatoms. The summed E-state index contributed by atoms with van der Waals surface area (Å²) in [5, 5.41) is 0. The van der Waals surface area contributed by atoms with Crippen molar-refractivity contribution in [2.75, 3.05) is 29.6 Å². The molecule has 0 unspecified atom stereocenters. The van der Waals surface area contributed by atoms with E-state index in [-0.39, 0.29) is 6.15 Å². The van der Waals surface area contributed by atoms with Crippen molar-refractivity contribution in [3.8, 4) is 0 Å². The Hall–Kier alpha value is -2.00. The predicted octanol–water partition coefficient (Wildman–Crippen LogP) is 4.37. The first-order valence-corrected chi connectivity index (χ1v) is 7.70. The zero-order valence-electron chi connectivity index (χ0n) is 14.2. The Morgan fingerprint density at radius 2 is 0.955 bits per heavy atom. The number of hydrogen-bond donors (Lipinski definition) is 1. The average Bonchev–Trinajstić information content (AvgIpc) is 2.87. The first-order chi connectivity index (χ1) is 10.1. The van der Waals surface area contributed by atoms with Gasteiger partial charge in [-0.15, -0.1) is 0 Å². The molecule has 0 radical (unpaired) electrons. The molecule has 0 aromatic heterocycles. The van der Waals surface area contributed by atoms with Gasteiger partial charge in [0.1, 0.15) is 0 Å². The van der Waals surface area contributed by atoms with Gasteiger partial charge in [0, 0.05) is 24.5 Å². The molecular formula is C19H27N3. The van der Waals surface area contributed by atoms with Gasteiger partial charge in [0.05, 0.1) is 6.67 Å². The van der Waals surface area contributed by atoms with Crippen LogP contribution in [-0.2, 0) is 0 Å². The number of nitrogens with zero attached hydrogens (tertiary/aromatic N) is 2. The van der Waals surface area contributed by atoms with Crippen molar-refractivity contribution in [2.45, 2.75) is 27.7 Å². The smallest absolute Gasteiger partial charge is 0.0904 e. The minimum absolute atomic E-state index is 0. The van der Waals surface area contributed by atoms with Crippen LogP contribution in [0.1, 0.15) is 22.3 Å². The molecule has 1 heterocycles. The Kier molecular flexibility index (Phi) is 4.77. The van der Waals surface area contributed by atoms with Crippen LogP contribution in [0.3, 0.4) is 0 Å². The van der Waals surface area contributed by atoms with Crippen LogP contribution >= 0.6 is 0 Å². The lowest BCUT2D eigenvalue weighted by atomic mass is 10.1. The molecule has 3 N–H and O–H groups in total. The molecule has 3 rings (SSSR count). The van der Waals surface area contributed by atoms with E-state index in [0.717, 1.165) is 19.8 Å². The van der Waals surface area contributed by atoms with Crippen molar-refractivity contribution in [1.82, 2.24) is 6.15 Å². The van der Waals surface area contributed by atoms with E-state index in [0.29, 0.717) is 0 Å². The summed E-state index contributed by atoms with van der Waals surface area (Å²) in [6, 6.07) is 13.1. The molecule has 0 saturated carbocycles. The lowest BCUT2D eigenvalue weighted by Gasteiger charge is -2.26. The molecule has 1 aliphatic heterocycles. The monoisotopic (exact) mass is 297 g/mol. The van der Waals surface area contributed by atoms with E-state index in [1.807, 2.05) is 0 Å². The summed E-state index contributed by atoms with van der Waals surface area (Å²) in [6.07, 6.45) is 0. The fourth-order valence-electron chi connectivity index (χ4n) is 3.56. The molecule has 1 saturated heterocycles. The van der Waals surface area contributed by atoms with Gasteiger partial charge in [0.25, 0.3) is 0 Å². The van der Waals surface area contributed by atoms with E-state index >= 15 is 0 Å². The Balaban J connectivity index is 0.00000176. The van der Waals surface area contributed by atoms with Gasteiger partial charge in [-0.1, -0.05) is 36.4 Å². The first-order valence-electron chi connectivity index (χ1n) is 7.70. The summed E-state index contributed by atoms with van der Waals surface area (Å²) in [7, 11) is 0. The second-order valence-corrected chi connectivity index (χ2v) is 6.15. The number of para-hydroxylation sites is 2. The molecule has 0 aliphatic carbocycles. The van der Waals surface area contributed by atoms with Crippen LogP contribution in [0.15, 0.2) is 36.4 Å². The maximum Gasteiger partial charge on any atom is 0.0904 e. The molecule has 0 atom stereocenters. The second-order valence-electron chi connectivity index (χ2n) is 6.15. The first kappa shape index (κ1) is 16.4. The van der Waals surface area contributed by atoms with Crippen molar-refractivity contribution in [3.05, 3.63) is 58.7 Å². The number of hydrogen-bond acceptors (Lipinski definition) is 3. The molecule has 22 heavy (non-hydrogen) atoms. The molecule has 3 nitrogen and oxygen atoms in total. The molecule has 118 valence electrons. The van der Waals surface area contributed by atoms with E-state index in [2.05, 4.69) is 73.9 Å². The summed E-state index contributed by atoms with van der Waals surface area (Å²) in [5.74, 6) is 0. The van der Waals surface area contributed by atoms with Gasteiger partial charge in [0.15, 0.2) is 0 Å². The molecule has 0 amide bonds. The molecule has 1 fully saturated rings. The van der Waals surface area contributed by atoms with Gasteiger partial charge in [-0.05, 0) is 49.9 Å². The number of aryl methyl sites for hydroxylation is 4. The maximum absolute atomic E-state index is 2.51. The van der Waals surface area contributed by atoms with Crippen molar-refractivity contribution >= 4 is 11.4 Å². The summed E-state index contributed by atoms with van der Waals surface area (Å²) >= 11 is 0. The topological polar surface area (TPSA) is 41.5 Å². The lowest BCUT2D eigenvalue weighted by molar-refractivity contribution is 0.931. The highest BCUT2D eigenvalue weighted by Gasteiger charge is 2.24. The van der Waals surface area contributed by atoms with Gasteiger partial charge in [-0.3, -0.25) is 0 Å². The highest BCUT2D eigenvalue weighted by molar-refractivity contribution is 5.65. The highest BCUT2D eigenvalue weighted by atomic mass is 15.4. The SMILES string of the molecule is Cc1cccc(C)c1N1CCN(c2c(C)cccc2C)C1.N. The fourth-order valence-corrected chi connectivity index (χ4v) is 3.56. The number of anilines is 2. The zero-order chi connectivity index (χ0) is 15.0. The molecule has 2 aromatic rings. The summed E-state index contributed by atoms with van der Waals surface area (Å²) in [6.45, 7) is 12.0. The van der Waals surface area contributed by atoms with Crippen LogP contribution in [0.5, 0.6) is 0 Å². The van der Waals surface area contributed by atoms with Gasteiger partial charge < -0.3 is 16.0 Å². The molecule has 2 aromatic carbocycles. The minimum Gasteiger partial charge on any atom is -0.352 e. The van der Waals surface area contributed by atoms with E-state index in [4.69, 9.17) is 0 Å². The average molecular weight is 297 g/mol. The van der Waals surface area contributed by atoms with E-state index in [9.17, 15) is 0 Å². The van der Waals surface area contributed by atoms with Gasteiger partial charge in [-0.25, -0.2) is 0 Å². The van der Waals surface area contributed by atoms with Gasteiger partial charge in [-0.2, -0.15) is 0 Å². The summed E-state index contributed by atoms with van der Waals surface area (Å²) in [5.41, 5.74) is 8.31. The highest BCUT2D eigenvalue weighted by Crippen LogP contribution is 2.31. The van der Waals surface area contributed by atoms with Crippen LogP contribution in [0, 0.1) is 27.7 Å². The quantitative estimate of drug-likeness (QED) is 0.895. The van der Waals surface area contributed by atoms with Gasteiger partial charge >= 0.3 is 0 Å². The van der Waals surface area contributed by atoms with Crippen LogP contribution < -0.4 is 16.0 Å². The third kappa shape index (κ3) is 2.81. The van der Waals surface area contributed by atoms with E-state index in [1.165, 1.54) is 33.6 Å². The van der Waals surface area contributed by atoms with Gasteiger partial charge in [0.2, 0.25) is 0 Å². The van der Waals surface area contributed by atoms with Crippen molar-refractivity contribution in [1.29, 1.82) is 0 Å². The Labute approximate surface area is 134 Å². The zero-order valence-corrected chi connectivity index (χ0v) is 14.2. The van der Waals surface area contributed by atoms with E-state index < -0.39 is 0 Å². The van der Waals surface area contributed by atoms with Crippen molar-refractivity contribution in [3.63, 3.8) is 0 Å². The van der Waals surface area contributed by atoms with Crippen LogP contribution in [-0.4, -0.2) is 19.8 Å². The van der Waals surface area contributed by atoms with Crippen molar-refractivity contribution in [2.24, 2.45) is 0 Å². The third-order valence-electron chi connectivity index (χ3n) is 4.49. The predicted molar refractivity (Wildman–Crippen MR) is 96.4 cm³/mol. The van der Waals surface area contributed by atoms with Crippen molar-refractivity contribution < 1.29 is 0 Å². The largest absolute Gasteiger partial charge is 0.352 e. The Morgan fingerprint density at radius 3 is 1.27 bits per heavy atom. The molecular weight excluding hydrogens is 270 g/mol. The van der Waals surface area contributed by atoms with Crippen LogP contribution in [0.25, 0.3) is 0 Å². The molecule has 0 spiro atoms. The molecule has 1 aliphatic rings. The number of rotatable bonds is 2.